The summed E-state index contributed by atoms with van der Waals surface area (Å²) in [5.74, 6) is -0.157. The Morgan fingerprint density at radius 3 is 2.62 bits per heavy atom. The normalized spacial score (nSPS) is 10.2. The minimum Gasteiger partial charge on any atom is -0.456 e. The van der Waals surface area contributed by atoms with Crippen molar-refractivity contribution >= 4 is 40.9 Å². The Balaban J connectivity index is 1.65. The lowest BCUT2D eigenvalue weighted by atomic mass is 10.2. The molecule has 2 aromatic carbocycles. The molecule has 126 valence electrons. The molecule has 0 unspecified atom stereocenters. The number of esters is 1. The Labute approximate surface area is 150 Å². The van der Waals surface area contributed by atoms with Gasteiger partial charge in [-0.05, 0) is 48.9 Å². The van der Waals surface area contributed by atoms with Gasteiger partial charge in [0.1, 0.15) is 0 Å². The zero-order valence-corrected chi connectivity index (χ0v) is 14.8. The van der Waals surface area contributed by atoms with E-state index in [0.29, 0.717) is 16.5 Å². The Morgan fingerprint density at radius 2 is 1.92 bits per heavy atom. The van der Waals surface area contributed by atoms with Gasteiger partial charge in [0.2, 0.25) is 0 Å². The number of thioether (sulfide) groups is 1. The molecule has 6 heteroatoms. The van der Waals surface area contributed by atoms with E-state index in [0.717, 1.165) is 10.5 Å². The largest absolute Gasteiger partial charge is 0.456 e. The van der Waals surface area contributed by atoms with Crippen molar-refractivity contribution in [1.82, 2.24) is 0 Å². The molecule has 0 atom stereocenters. The highest BCUT2D eigenvalue weighted by atomic mass is 35.5. The molecular formula is C18H18ClNO3S. The molecule has 0 saturated carbocycles. The lowest BCUT2D eigenvalue weighted by Crippen LogP contribution is -2.21. The number of rotatable bonds is 7. The molecule has 24 heavy (non-hydrogen) atoms. The molecule has 4 nitrogen and oxygen atoms in total. The van der Waals surface area contributed by atoms with E-state index < -0.39 is 5.97 Å². The molecule has 0 aliphatic heterocycles. The molecule has 0 spiro atoms. The number of ether oxygens (including phenoxy) is 1. The third-order valence-corrected chi connectivity index (χ3v) is 4.32. The Hall–Kier alpha value is -1.98. The summed E-state index contributed by atoms with van der Waals surface area (Å²) in [5, 5.41) is 3.37. The highest BCUT2D eigenvalue weighted by Gasteiger charge is 2.08. The smallest absolute Gasteiger partial charge is 0.307 e. The SMILES string of the molecule is Cc1cccc(NC(=O)COC(=O)CCSc2ccc(Cl)cc2)c1. The fraction of sp³-hybridized carbons (Fsp3) is 0.222. The van der Waals surface area contributed by atoms with Crippen LogP contribution in [0.3, 0.4) is 0 Å². The third kappa shape index (κ3) is 6.64. The van der Waals surface area contributed by atoms with Crippen molar-refractivity contribution in [1.29, 1.82) is 0 Å². The number of aryl methyl sites for hydroxylation is 1. The van der Waals surface area contributed by atoms with Crippen molar-refractivity contribution in [3.05, 3.63) is 59.1 Å². The average Bonchev–Trinajstić information content (AvgIpc) is 2.55. The first-order valence-electron chi connectivity index (χ1n) is 7.43. The van der Waals surface area contributed by atoms with E-state index in [1.165, 1.54) is 11.8 Å². The molecule has 2 rings (SSSR count). The highest BCUT2D eigenvalue weighted by molar-refractivity contribution is 7.99. The first-order chi connectivity index (χ1) is 11.5. The second kappa shape index (κ2) is 9.35. The zero-order valence-electron chi connectivity index (χ0n) is 13.3. The Bertz CT molecular complexity index is 704. The summed E-state index contributed by atoms with van der Waals surface area (Å²) in [6.07, 6.45) is 0.241. The molecule has 0 saturated heterocycles. The van der Waals surface area contributed by atoms with E-state index in [1.54, 1.807) is 18.2 Å². The number of hydrogen-bond acceptors (Lipinski definition) is 4. The second-order valence-electron chi connectivity index (χ2n) is 5.13. The minimum atomic E-state index is -0.393. The summed E-state index contributed by atoms with van der Waals surface area (Å²) in [6, 6.07) is 14.8. The van der Waals surface area contributed by atoms with Crippen molar-refractivity contribution in [2.75, 3.05) is 17.7 Å². The van der Waals surface area contributed by atoms with Crippen LogP contribution in [-0.4, -0.2) is 24.2 Å². The minimum absolute atomic E-state index is 0.241. The van der Waals surface area contributed by atoms with E-state index in [2.05, 4.69) is 5.32 Å². The number of carbonyl (C=O) groups is 2. The topological polar surface area (TPSA) is 55.4 Å². The number of benzene rings is 2. The average molecular weight is 364 g/mol. The Morgan fingerprint density at radius 1 is 1.17 bits per heavy atom. The maximum Gasteiger partial charge on any atom is 0.307 e. The van der Waals surface area contributed by atoms with Crippen molar-refractivity contribution in [3.63, 3.8) is 0 Å². The Kier molecular flexibility index (Phi) is 7.15. The van der Waals surface area contributed by atoms with Crippen LogP contribution < -0.4 is 5.32 Å². The standard InChI is InChI=1S/C18H18ClNO3S/c1-13-3-2-4-15(11-13)20-17(21)12-23-18(22)9-10-24-16-7-5-14(19)6-8-16/h2-8,11H,9-10,12H2,1H3,(H,20,21). The van der Waals surface area contributed by atoms with Gasteiger partial charge in [0.05, 0.1) is 6.42 Å². The molecule has 1 amide bonds. The number of anilines is 1. The van der Waals surface area contributed by atoms with Gasteiger partial charge in [-0.25, -0.2) is 0 Å². The lowest BCUT2D eigenvalue weighted by molar-refractivity contribution is -0.146. The first-order valence-corrected chi connectivity index (χ1v) is 8.80. The van der Waals surface area contributed by atoms with Gasteiger partial charge in [-0.3, -0.25) is 9.59 Å². The zero-order chi connectivity index (χ0) is 17.4. The number of carbonyl (C=O) groups excluding carboxylic acids is 2. The van der Waals surface area contributed by atoms with Gasteiger partial charge in [-0.15, -0.1) is 11.8 Å². The summed E-state index contributed by atoms with van der Waals surface area (Å²) >= 11 is 7.35. The number of nitrogens with one attached hydrogen (secondary N) is 1. The van der Waals surface area contributed by atoms with Crippen LogP contribution in [-0.2, 0) is 14.3 Å². The van der Waals surface area contributed by atoms with Gasteiger partial charge in [0.15, 0.2) is 6.61 Å². The van der Waals surface area contributed by atoms with Crippen LogP contribution in [0.4, 0.5) is 5.69 Å². The van der Waals surface area contributed by atoms with E-state index in [4.69, 9.17) is 16.3 Å². The fourth-order valence-corrected chi connectivity index (χ4v) is 2.88. The van der Waals surface area contributed by atoms with Crippen molar-refractivity contribution in [2.45, 2.75) is 18.2 Å². The molecule has 0 bridgehead atoms. The summed E-state index contributed by atoms with van der Waals surface area (Å²) < 4.78 is 4.98. The molecular weight excluding hydrogens is 346 g/mol. The molecule has 0 radical (unpaired) electrons. The molecule has 2 aromatic rings. The quantitative estimate of drug-likeness (QED) is 0.588. The highest BCUT2D eigenvalue weighted by Crippen LogP contribution is 2.21. The lowest BCUT2D eigenvalue weighted by Gasteiger charge is -2.07. The number of halogens is 1. The molecule has 0 heterocycles. The fourth-order valence-electron chi connectivity index (χ4n) is 1.92. The maximum absolute atomic E-state index is 11.7. The van der Waals surface area contributed by atoms with Crippen LogP contribution in [0.5, 0.6) is 0 Å². The van der Waals surface area contributed by atoms with Crippen LogP contribution in [0.1, 0.15) is 12.0 Å². The monoisotopic (exact) mass is 363 g/mol. The van der Waals surface area contributed by atoms with E-state index in [9.17, 15) is 9.59 Å². The molecule has 0 aliphatic carbocycles. The predicted octanol–water partition coefficient (Wildman–Crippen LogP) is 4.31. The van der Waals surface area contributed by atoms with Crippen molar-refractivity contribution in [2.24, 2.45) is 0 Å². The van der Waals surface area contributed by atoms with Crippen LogP contribution in [0.2, 0.25) is 5.02 Å². The van der Waals surface area contributed by atoms with Crippen LogP contribution in [0.15, 0.2) is 53.4 Å². The van der Waals surface area contributed by atoms with Crippen LogP contribution in [0.25, 0.3) is 0 Å². The summed E-state index contributed by atoms with van der Waals surface area (Å²) in [4.78, 5) is 24.4. The number of amides is 1. The summed E-state index contributed by atoms with van der Waals surface area (Å²) in [6.45, 7) is 1.66. The second-order valence-corrected chi connectivity index (χ2v) is 6.74. The first kappa shape index (κ1) is 18.4. The van der Waals surface area contributed by atoms with Gasteiger partial charge < -0.3 is 10.1 Å². The molecule has 0 fully saturated rings. The van der Waals surface area contributed by atoms with Crippen LogP contribution in [0, 0.1) is 6.92 Å². The van der Waals surface area contributed by atoms with E-state index >= 15 is 0 Å². The van der Waals surface area contributed by atoms with Crippen LogP contribution >= 0.6 is 23.4 Å². The van der Waals surface area contributed by atoms with Gasteiger partial charge in [-0.1, -0.05) is 23.7 Å². The third-order valence-electron chi connectivity index (χ3n) is 3.05. The molecule has 0 aromatic heterocycles. The van der Waals surface area contributed by atoms with Gasteiger partial charge in [0, 0.05) is 21.4 Å². The summed E-state index contributed by atoms with van der Waals surface area (Å²) in [7, 11) is 0. The molecule has 0 aliphatic rings. The maximum atomic E-state index is 11.7. The summed E-state index contributed by atoms with van der Waals surface area (Å²) in [5.41, 5.74) is 1.73. The van der Waals surface area contributed by atoms with Gasteiger partial charge in [0.25, 0.3) is 5.91 Å². The van der Waals surface area contributed by atoms with E-state index in [1.807, 2.05) is 37.3 Å². The van der Waals surface area contributed by atoms with Crippen molar-refractivity contribution in [3.8, 4) is 0 Å². The number of hydrogen-bond donors (Lipinski definition) is 1. The van der Waals surface area contributed by atoms with Gasteiger partial charge in [-0.2, -0.15) is 0 Å². The van der Waals surface area contributed by atoms with E-state index in [-0.39, 0.29) is 18.9 Å². The predicted molar refractivity (Wildman–Crippen MR) is 97.6 cm³/mol. The van der Waals surface area contributed by atoms with Gasteiger partial charge >= 0.3 is 5.97 Å². The molecule has 1 N–H and O–H groups in total. The van der Waals surface area contributed by atoms with Crippen molar-refractivity contribution < 1.29 is 14.3 Å².